The first-order valence-electron chi connectivity index (χ1n) is 6.99. The summed E-state index contributed by atoms with van der Waals surface area (Å²) in [6, 6.07) is 6.00. The van der Waals surface area contributed by atoms with Gasteiger partial charge in [0.05, 0.1) is 0 Å². The molecule has 0 atom stereocenters. The molecule has 1 amide bonds. The Kier molecular flexibility index (Phi) is 3.93. The molecular formula is C16H23NO3. The van der Waals surface area contributed by atoms with E-state index in [4.69, 9.17) is 9.47 Å². The van der Waals surface area contributed by atoms with Crippen molar-refractivity contribution < 1.29 is 14.3 Å². The maximum absolute atomic E-state index is 11.9. The molecule has 1 aromatic rings. The van der Waals surface area contributed by atoms with Crippen molar-refractivity contribution in [3.8, 4) is 11.5 Å². The van der Waals surface area contributed by atoms with Crippen molar-refractivity contribution >= 4 is 5.91 Å². The molecule has 0 N–H and O–H groups in total. The second-order valence-electron chi connectivity index (χ2n) is 6.17. The van der Waals surface area contributed by atoms with Crippen LogP contribution < -0.4 is 9.47 Å². The molecule has 0 aliphatic carbocycles. The molecule has 20 heavy (non-hydrogen) atoms. The zero-order valence-electron chi connectivity index (χ0n) is 12.9. The predicted octanol–water partition coefficient (Wildman–Crippen LogP) is 2.65. The van der Waals surface area contributed by atoms with Crippen molar-refractivity contribution in [2.75, 3.05) is 13.7 Å². The summed E-state index contributed by atoms with van der Waals surface area (Å²) < 4.78 is 11.6. The largest absolute Gasteiger partial charge is 0.483 e. The number of nitrogens with zero attached hydrogens (tertiary/aromatic N) is 1. The van der Waals surface area contributed by atoms with Crippen LogP contribution >= 0.6 is 0 Å². The molecule has 4 heteroatoms. The number of ether oxygens (including phenoxy) is 2. The third-order valence-corrected chi connectivity index (χ3v) is 3.57. The second-order valence-corrected chi connectivity index (χ2v) is 6.17. The molecule has 0 radical (unpaired) electrons. The van der Waals surface area contributed by atoms with Gasteiger partial charge >= 0.3 is 0 Å². The van der Waals surface area contributed by atoms with E-state index in [1.54, 1.807) is 11.9 Å². The number of carbonyl (C=O) groups is 1. The minimum absolute atomic E-state index is 0.0325. The fraction of sp³-hybridized carbons (Fsp3) is 0.562. The molecule has 1 aromatic carbocycles. The van der Waals surface area contributed by atoms with E-state index in [2.05, 4.69) is 13.8 Å². The lowest BCUT2D eigenvalue weighted by Gasteiger charge is -2.22. The molecule has 0 fully saturated rings. The summed E-state index contributed by atoms with van der Waals surface area (Å²) in [5, 5.41) is 0. The number of amides is 1. The summed E-state index contributed by atoms with van der Waals surface area (Å²) in [4.78, 5) is 13.6. The predicted molar refractivity (Wildman–Crippen MR) is 78.3 cm³/mol. The van der Waals surface area contributed by atoms with Crippen LogP contribution in [0.5, 0.6) is 11.5 Å². The van der Waals surface area contributed by atoms with Crippen LogP contribution in [-0.4, -0.2) is 36.1 Å². The highest BCUT2D eigenvalue weighted by Gasteiger charge is 2.32. The molecule has 0 spiro atoms. The van der Waals surface area contributed by atoms with Gasteiger partial charge in [-0.2, -0.15) is 0 Å². The van der Waals surface area contributed by atoms with E-state index in [-0.39, 0.29) is 24.2 Å². The number of likely N-dealkylation sites (N-methyl/N-ethyl adjacent to an activating group) is 1. The summed E-state index contributed by atoms with van der Waals surface area (Å²) >= 11 is 0. The summed E-state index contributed by atoms with van der Waals surface area (Å²) in [6.45, 7) is 8.09. The molecule has 1 aliphatic heterocycles. The number of fused-ring (bicyclic) bond motifs is 1. The van der Waals surface area contributed by atoms with Crippen LogP contribution in [0, 0.1) is 0 Å². The van der Waals surface area contributed by atoms with Gasteiger partial charge in [-0.3, -0.25) is 4.79 Å². The summed E-state index contributed by atoms with van der Waals surface area (Å²) in [5.41, 5.74) is 0.928. The molecule has 0 unspecified atom stereocenters. The van der Waals surface area contributed by atoms with Gasteiger partial charge in [-0.25, -0.2) is 0 Å². The smallest absolute Gasteiger partial charge is 0.260 e. The second kappa shape index (κ2) is 5.35. The van der Waals surface area contributed by atoms with Gasteiger partial charge in [-0.05, 0) is 33.8 Å². The highest BCUT2D eigenvalue weighted by atomic mass is 16.5. The van der Waals surface area contributed by atoms with Crippen molar-refractivity contribution in [1.82, 2.24) is 4.90 Å². The fourth-order valence-corrected chi connectivity index (χ4v) is 2.23. The first-order chi connectivity index (χ1) is 9.30. The van der Waals surface area contributed by atoms with E-state index in [0.717, 1.165) is 17.7 Å². The first-order valence-corrected chi connectivity index (χ1v) is 6.99. The summed E-state index contributed by atoms with van der Waals surface area (Å²) in [5.74, 6) is 1.39. The summed E-state index contributed by atoms with van der Waals surface area (Å²) in [6.07, 6.45) is 0.860. The highest BCUT2D eigenvalue weighted by Crippen LogP contribution is 2.41. The quantitative estimate of drug-likeness (QED) is 0.849. The zero-order chi connectivity index (χ0) is 14.9. The van der Waals surface area contributed by atoms with E-state index >= 15 is 0 Å². The fourth-order valence-electron chi connectivity index (χ4n) is 2.23. The van der Waals surface area contributed by atoms with Crippen LogP contribution in [0.1, 0.15) is 33.3 Å². The third-order valence-electron chi connectivity index (χ3n) is 3.57. The van der Waals surface area contributed by atoms with Crippen LogP contribution in [0.3, 0.4) is 0 Å². The molecule has 1 aliphatic rings. The highest BCUT2D eigenvalue weighted by molar-refractivity contribution is 5.77. The van der Waals surface area contributed by atoms with Crippen molar-refractivity contribution in [2.45, 2.75) is 45.8 Å². The Morgan fingerprint density at radius 1 is 1.45 bits per heavy atom. The topological polar surface area (TPSA) is 38.8 Å². The molecule has 2 rings (SSSR count). The van der Waals surface area contributed by atoms with E-state index in [0.29, 0.717) is 5.75 Å². The number of hydrogen-bond acceptors (Lipinski definition) is 3. The van der Waals surface area contributed by atoms with Gasteiger partial charge in [-0.1, -0.05) is 12.1 Å². The Hall–Kier alpha value is -1.71. The summed E-state index contributed by atoms with van der Waals surface area (Å²) in [7, 11) is 1.78. The van der Waals surface area contributed by atoms with E-state index < -0.39 is 0 Å². The average Bonchev–Trinajstić information content (AvgIpc) is 2.69. The first kappa shape index (κ1) is 14.7. The van der Waals surface area contributed by atoms with Gasteiger partial charge in [-0.15, -0.1) is 0 Å². The molecular weight excluding hydrogens is 254 g/mol. The van der Waals surface area contributed by atoms with Crippen molar-refractivity contribution in [3.63, 3.8) is 0 Å². The molecule has 0 saturated heterocycles. The van der Waals surface area contributed by atoms with Gasteiger partial charge in [0.15, 0.2) is 18.1 Å². The Labute approximate surface area is 120 Å². The van der Waals surface area contributed by atoms with Gasteiger partial charge in [0, 0.05) is 25.1 Å². The van der Waals surface area contributed by atoms with E-state index in [1.807, 2.05) is 32.0 Å². The maximum atomic E-state index is 11.9. The van der Waals surface area contributed by atoms with Gasteiger partial charge in [0.2, 0.25) is 0 Å². The SMILES string of the molecule is CC(C)N(C)C(=O)COc1cccc2c1OC(C)(C)C2. The minimum Gasteiger partial charge on any atom is -0.483 e. The molecule has 0 aromatic heterocycles. The van der Waals surface area contributed by atoms with E-state index in [1.165, 1.54) is 0 Å². The molecule has 4 nitrogen and oxygen atoms in total. The number of para-hydroxylation sites is 1. The Morgan fingerprint density at radius 2 is 2.15 bits per heavy atom. The Morgan fingerprint density at radius 3 is 2.80 bits per heavy atom. The lowest BCUT2D eigenvalue weighted by Crippen LogP contribution is -2.36. The van der Waals surface area contributed by atoms with Crippen LogP contribution in [-0.2, 0) is 11.2 Å². The Balaban J connectivity index is 2.06. The molecule has 0 saturated carbocycles. The van der Waals surface area contributed by atoms with Crippen molar-refractivity contribution in [1.29, 1.82) is 0 Å². The van der Waals surface area contributed by atoms with Crippen LogP contribution in [0.2, 0.25) is 0 Å². The van der Waals surface area contributed by atoms with Crippen LogP contribution in [0.15, 0.2) is 18.2 Å². The third kappa shape index (κ3) is 3.06. The van der Waals surface area contributed by atoms with E-state index in [9.17, 15) is 4.79 Å². The molecule has 1 heterocycles. The standard InChI is InChI=1S/C16H23NO3/c1-11(2)17(5)14(18)10-19-13-8-6-7-12-9-16(3,4)20-15(12)13/h6-8,11H,9-10H2,1-5H3. The monoisotopic (exact) mass is 277 g/mol. The zero-order valence-corrected chi connectivity index (χ0v) is 12.9. The number of hydrogen-bond donors (Lipinski definition) is 0. The molecule has 0 bridgehead atoms. The lowest BCUT2D eigenvalue weighted by molar-refractivity contribution is -0.133. The van der Waals surface area contributed by atoms with Crippen molar-refractivity contribution in [2.24, 2.45) is 0 Å². The van der Waals surface area contributed by atoms with Gasteiger partial charge in [0.25, 0.3) is 5.91 Å². The van der Waals surface area contributed by atoms with Gasteiger partial charge < -0.3 is 14.4 Å². The lowest BCUT2D eigenvalue weighted by atomic mass is 10.0. The Bertz CT molecular complexity index is 508. The number of carbonyl (C=O) groups excluding carboxylic acids is 1. The van der Waals surface area contributed by atoms with Crippen LogP contribution in [0.4, 0.5) is 0 Å². The number of rotatable bonds is 4. The average molecular weight is 277 g/mol. The van der Waals surface area contributed by atoms with Crippen LogP contribution in [0.25, 0.3) is 0 Å². The minimum atomic E-state index is -0.208. The number of benzene rings is 1. The van der Waals surface area contributed by atoms with Gasteiger partial charge in [0.1, 0.15) is 5.60 Å². The van der Waals surface area contributed by atoms with Crippen molar-refractivity contribution in [3.05, 3.63) is 23.8 Å². The normalized spacial score (nSPS) is 15.7. The molecule has 110 valence electrons. The maximum Gasteiger partial charge on any atom is 0.260 e.